The summed E-state index contributed by atoms with van der Waals surface area (Å²) in [5.74, 6) is -3.58. The monoisotopic (exact) mass is 701 g/mol. The Morgan fingerprint density at radius 3 is 2.48 bits per heavy atom. The maximum absolute atomic E-state index is 13.6. The number of β-amino-alcohol motifs (C(OH)–C–C–N with tert-alkyl or cyclic N) is 1. The summed E-state index contributed by atoms with van der Waals surface area (Å²) in [5.41, 5.74) is 11.4. The average Bonchev–Trinajstić information content (AvgIpc) is 3.59. The van der Waals surface area contributed by atoms with Crippen LogP contribution in [0, 0.1) is 3.57 Å². The zero-order valence-electron chi connectivity index (χ0n) is 23.0. The molecule has 1 aromatic carbocycles. The van der Waals surface area contributed by atoms with Crippen molar-refractivity contribution in [3.05, 3.63) is 27.3 Å². The summed E-state index contributed by atoms with van der Waals surface area (Å²) >= 11 is 1.94. The summed E-state index contributed by atoms with van der Waals surface area (Å²) < 4.78 is 0.567. The molecule has 6 amide bonds. The predicted molar refractivity (Wildman–Crippen MR) is 156 cm³/mol. The van der Waals surface area contributed by atoms with E-state index in [0.717, 1.165) is 0 Å². The first-order valence-electron chi connectivity index (χ1n) is 13.4. The molecule has 1 aromatic rings. The number of carbonyl (C=O) groups excluding carboxylic acids is 6. The second-order valence-corrected chi connectivity index (χ2v) is 11.5. The molecule has 3 rings (SSSR count). The molecule has 230 valence electrons. The molecule has 16 heteroatoms. The minimum Gasteiger partial charge on any atom is -0.507 e. The molecular weight excluding hydrogens is 665 g/mol. The number of carbonyl (C=O) groups is 6. The number of phenolic OH excluding ortho intramolecular Hbond substituents is 1. The van der Waals surface area contributed by atoms with Crippen molar-refractivity contribution in [1.82, 2.24) is 25.8 Å². The number of aromatic hydroxyl groups is 1. The maximum Gasteiger partial charge on any atom is 0.246 e. The number of hydrogen-bond acceptors (Lipinski definition) is 9. The summed E-state index contributed by atoms with van der Waals surface area (Å²) in [6.07, 6.45) is -0.118. The summed E-state index contributed by atoms with van der Waals surface area (Å²) in [4.78, 5) is 78.1. The second-order valence-electron chi connectivity index (χ2n) is 10.3. The zero-order chi connectivity index (χ0) is 31.1. The number of aliphatic hydroxyl groups is 1. The van der Waals surface area contributed by atoms with Crippen LogP contribution in [0.4, 0.5) is 0 Å². The normalized spacial score (nSPS) is 21.4. The number of likely N-dealkylation sites (tertiary alicyclic amines) is 2. The van der Waals surface area contributed by atoms with Crippen LogP contribution in [0.25, 0.3) is 0 Å². The zero-order valence-corrected chi connectivity index (χ0v) is 25.2. The Kier molecular flexibility index (Phi) is 11.5. The number of phenols is 1. The quantitative estimate of drug-likeness (QED) is 0.117. The van der Waals surface area contributed by atoms with Crippen molar-refractivity contribution < 1.29 is 39.0 Å². The maximum atomic E-state index is 13.6. The van der Waals surface area contributed by atoms with Gasteiger partial charge in [0.05, 0.1) is 22.8 Å². The molecule has 2 heterocycles. The molecule has 5 atom stereocenters. The van der Waals surface area contributed by atoms with Crippen LogP contribution in [0.5, 0.6) is 5.75 Å². The Hall–Kier alpha value is -3.51. The van der Waals surface area contributed by atoms with Gasteiger partial charge >= 0.3 is 0 Å². The number of amides is 6. The molecule has 9 N–H and O–H groups in total. The van der Waals surface area contributed by atoms with Gasteiger partial charge in [0.15, 0.2) is 0 Å². The van der Waals surface area contributed by atoms with Gasteiger partial charge in [-0.1, -0.05) is 6.07 Å². The van der Waals surface area contributed by atoms with Crippen molar-refractivity contribution in [3.63, 3.8) is 0 Å². The van der Waals surface area contributed by atoms with Crippen molar-refractivity contribution in [2.45, 2.75) is 62.9 Å². The lowest BCUT2D eigenvalue weighted by Gasteiger charge is -2.31. The molecule has 42 heavy (non-hydrogen) atoms. The number of nitrogens with two attached hydrogens (primary N) is 2. The van der Waals surface area contributed by atoms with Crippen molar-refractivity contribution in [2.75, 3.05) is 26.2 Å². The Morgan fingerprint density at radius 2 is 1.83 bits per heavy atom. The van der Waals surface area contributed by atoms with E-state index in [9.17, 15) is 39.0 Å². The molecule has 0 saturated carbocycles. The summed E-state index contributed by atoms with van der Waals surface area (Å²) in [5, 5.41) is 27.4. The molecule has 0 radical (unpaired) electrons. The second kappa shape index (κ2) is 14.6. The SMILES string of the molecule is C[C@H](NC(=O)CN)C(=O)NCC(=O)N1C[C@H](O)C[C@H]1C(=O)N1CCC[C@H]1C(=O)N[C@@H](Cc1ccc(O)c(I)c1)C(N)=O. The van der Waals surface area contributed by atoms with E-state index in [1.807, 2.05) is 22.6 Å². The third-order valence-corrected chi connectivity index (χ3v) is 8.07. The molecule has 0 aliphatic carbocycles. The van der Waals surface area contributed by atoms with E-state index in [4.69, 9.17) is 11.5 Å². The third-order valence-electron chi connectivity index (χ3n) is 7.20. The minimum atomic E-state index is -1.07. The fraction of sp³-hybridized carbons (Fsp3) is 0.538. The van der Waals surface area contributed by atoms with E-state index >= 15 is 0 Å². The number of primary amides is 1. The number of aliphatic hydroxyl groups excluding tert-OH is 1. The van der Waals surface area contributed by atoms with Crippen LogP contribution < -0.4 is 27.4 Å². The summed E-state index contributed by atoms with van der Waals surface area (Å²) in [7, 11) is 0. The van der Waals surface area contributed by atoms with Crippen LogP contribution in [0.3, 0.4) is 0 Å². The van der Waals surface area contributed by atoms with Crippen LogP contribution >= 0.6 is 22.6 Å². The van der Waals surface area contributed by atoms with Crippen LogP contribution in [0.15, 0.2) is 18.2 Å². The molecule has 0 aromatic heterocycles. The molecule has 0 unspecified atom stereocenters. The standard InChI is InChI=1S/C26H36IN7O8/c1-13(31-21(37)10-28)24(40)30-11-22(38)34-12-15(35)9-19(34)26(42)33-6-2-3-18(33)25(41)32-17(23(29)39)8-14-4-5-20(36)16(27)7-14/h4-5,7,13,15,17-19,35-36H,2-3,6,8-12,28H2,1H3,(H2,29,39)(H,30,40)(H,31,37)(H,32,41)/t13-,15+,17-,18-,19-/m0/s1. The van der Waals surface area contributed by atoms with Crippen molar-refractivity contribution in [3.8, 4) is 5.75 Å². The van der Waals surface area contributed by atoms with Crippen LogP contribution in [-0.2, 0) is 35.2 Å². The lowest BCUT2D eigenvalue weighted by atomic mass is 10.0. The molecule has 0 bridgehead atoms. The Balaban J connectivity index is 1.64. The van der Waals surface area contributed by atoms with Crippen LogP contribution in [0.1, 0.15) is 31.7 Å². The highest BCUT2D eigenvalue weighted by molar-refractivity contribution is 14.1. The van der Waals surface area contributed by atoms with Gasteiger partial charge in [-0.05, 0) is 60.1 Å². The third kappa shape index (κ3) is 8.28. The predicted octanol–water partition coefficient (Wildman–Crippen LogP) is -2.96. The number of nitrogens with one attached hydrogen (secondary N) is 3. The van der Waals surface area contributed by atoms with E-state index in [-0.39, 0.29) is 38.2 Å². The highest BCUT2D eigenvalue weighted by Crippen LogP contribution is 2.26. The lowest BCUT2D eigenvalue weighted by molar-refractivity contribution is -0.146. The van der Waals surface area contributed by atoms with Gasteiger partial charge in [0.25, 0.3) is 0 Å². The Morgan fingerprint density at radius 1 is 1.12 bits per heavy atom. The van der Waals surface area contributed by atoms with Gasteiger partial charge in [0.1, 0.15) is 29.9 Å². The Labute approximate surface area is 255 Å². The van der Waals surface area contributed by atoms with Gasteiger partial charge in [0.2, 0.25) is 35.4 Å². The van der Waals surface area contributed by atoms with Gasteiger partial charge in [-0.2, -0.15) is 0 Å². The first-order chi connectivity index (χ1) is 19.8. The summed E-state index contributed by atoms with van der Waals surface area (Å²) in [6, 6.07) is 0.770. The number of nitrogens with zero attached hydrogens (tertiary/aromatic N) is 2. The molecule has 2 aliphatic heterocycles. The largest absolute Gasteiger partial charge is 0.507 e. The van der Waals surface area contributed by atoms with E-state index in [1.165, 1.54) is 22.8 Å². The summed E-state index contributed by atoms with van der Waals surface area (Å²) in [6.45, 7) is 0.746. The van der Waals surface area contributed by atoms with Crippen LogP contribution in [0.2, 0.25) is 0 Å². The van der Waals surface area contributed by atoms with E-state index in [0.29, 0.717) is 22.0 Å². The fourth-order valence-corrected chi connectivity index (χ4v) is 5.58. The molecule has 2 fully saturated rings. The highest BCUT2D eigenvalue weighted by atomic mass is 127. The highest BCUT2D eigenvalue weighted by Gasteiger charge is 2.45. The van der Waals surface area contributed by atoms with E-state index < -0.39 is 72.3 Å². The molecular formula is C26H36IN7O8. The number of hydrogen-bond donors (Lipinski definition) is 7. The van der Waals surface area contributed by atoms with Gasteiger partial charge in [-0.3, -0.25) is 28.8 Å². The Bertz CT molecular complexity index is 1230. The van der Waals surface area contributed by atoms with Crippen LogP contribution in [-0.4, -0.2) is 112 Å². The van der Waals surface area contributed by atoms with Gasteiger partial charge in [0, 0.05) is 25.9 Å². The van der Waals surface area contributed by atoms with E-state index in [2.05, 4.69) is 16.0 Å². The lowest BCUT2D eigenvalue weighted by Crippen LogP contribution is -2.56. The number of halogens is 1. The smallest absolute Gasteiger partial charge is 0.246 e. The minimum absolute atomic E-state index is 0.0459. The first kappa shape index (κ1) is 33.0. The number of rotatable bonds is 11. The van der Waals surface area contributed by atoms with Gasteiger partial charge < -0.3 is 47.4 Å². The molecule has 2 aliphatic rings. The average molecular weight is 702 g/mol. The molecule has 15 nitrogen and oxygen atoms in total. The van der Waals surface area contributed by atoms with Gasteiger partial charge in [-0.25, -0.2) is 0 Å². The molecule has 0 spiro atoms. The fourth-order valence-electron chi connectivity index (χ4n) is 5.01. The van der Waals surface area contributed by atoms with Crippen molar-refractivity contribution in [2.24, 2.45) is 11.5 Å². The van der Waals surface area contributed by atoms with Gasteiger partial charge in [-0.15, -0.1) is 0 Å². The van der Waals surface area contributed by atoms with Crippen molar-refractivity contribution in [1.29, 1.82) is 0 Å². The topological polar surface area (TPSA) is 237 Å². The van der Waals surface area contributed by atoms with E-state index in [1.54, 1.807) is 12.1 Å². The van der Waals surface area contributed by atoms with Crippen molar-refractivity contribution >= 4 is 58.0 Å². The number of benzene rings is 1. The molecule has 2 saturated heterocycles. The first-order valence-corrected chi connectivity index (χ1v) is 14.5.